The summed E-state index contributed by atoms with van der Waals surface area (Å²) in [5.74, 6) is 1.16. The molecule has 0 aromatic heterocycles. The van der Waals surface area contributed by atoms with Gasteiger partial charge in [0.1, 0.15) is 11.5 Å². The third-order valence-corrected chi connectivity index (χ3v) is 4.03. The topological polar surface area (TPSA) is 79.8 Å². The number of carbonyl (C=O) groups is 1. The molecule has 1 unspecified atom stereocenters. The first-order valence-corrected chi connectivity index (χ1v) is 8.46. The number of aryl methyl sites for hydroxylation is 1. The fourth-order valence-electron chi connectivity index (χ4n) is 2.47. The van der Waals surface area contributed by atoms with Crippen LogP contribution in [0.2, 0.25) is 0 Å². The van der Waals surface area contributed by atoms with E-state index in [0.717, 1.165) is 12.0 Å². The number of nitrogens with one attached hydrogen (secondary N) is 2. The maximum atomic E-state index is 12.1. The van der Waals surface area contributed by atoms with E-state index in [2.05, 4.69) is 10.6 Å². The lowest BCUT2D eigenvalue weighted by Gasteiger charge is -2.24. The smallest absolute Gasteiger partial charge is 0.319 e. The molecule has 0 saturated carbocycles. The summed E-state index contributed by atoms with van der Waals surface area (Å²) < 4.78 is 10.4. The molecule has 6 heteroatoms. The number of rotatable bonds is 8. The minimum absolute atomic E-state index is 0.146. The third-order valence-electron chi connectivity index (χ3n) is 4.03. The van der Waals surface area contributed by atoms with E-state index in [1.807, 2.05) is 30.3 Å². The van der Waals surface area contributed by atoms with Gasteiger partial charge in [0.05, 0.1) is 19.8 Å². The Morgan fingerprint density at radius 2 is 1.69 bits per heavy atom. The quantitative estimate of drug-likeness (QED) is 0.677. The van der Waals surface area contributed by atoms with Crippen LogP contribution in [0.5, 0.6) is 11.5 Å². The Labute approximate surface area is 154 Å². The van der Waals surface area contributed by atoms with Crippen molar-refractivity contribution in [3.8, 4) is 11.5 Å². The molecule has 26 heavy (non-hydrogen) atoms. The number of ether oxygens (including phenoxy) is 2. The molecule has 2 aromatic carbocycles. The Morgan fingerprint density at radius 1 is 1.08 bits per heavy atom. The summed E-state index contributed by atoms with van der Waals surface area (Å²) in [5, 5.41) is 15.9. The van der Waals surface area contributed by atoms with Crippen molar-refractivity contribution in [2.24, 2.45) is 0 Å². The Bertz CT molecular complexity index is 695. The van der Waals surface area contributed by atoms with Crippen LogP contribution in [0.1, 0.15) is 18.9 Å². The van der Waals surface area contributed by atoms with E-state index in [4.69, 9.17) is 9.47 Å². The summed E-state index contributed by atoms with van der Waals surface area (Å²) in [7, 11) is 3.09. The van der Waals surface area contributed by atoms with E-state index >= 15 is 0 Å². The van der Waals surface area contributed by atoms with Crippen molar-refractivity contribution in [3.63, 3.8) is 0 Å². The standard InChI is InChI=1S/C20H26N2O4/c1-20(24,10-9-15-7-5-4-6-8-15)14-21-19(23)22-16-11-17(25-2)13-18(12-16)26-3/h4-8,11-13,24H,9-10,14H2,1-3H3,(H2,21,22,23). The van der Waals surface area contributed by atoms with Gasteiger partial charge in [-0.15, -0.1) is 0 Å². The van der Waals surface area contributed by atoms with Gasteiger partial charge in [0, 0.05) is 30.4 Å². The number of hydrogen-bond donors (Lipinski definition) is 3. The van der Waals surface area contributed by atoms with Gasteiger partial charge in [-0.05, 0) is 25.3 Å². The van der Waals surface area contributed by atoms with E-state index in [9.17, 15) is 9.90 Å². The summed E-state index contributed by atoms with van der Waals surface area (Å²) in [6.07, 6.45) is 1.29. The minimum atomic E-state index is -1.00. The average Bonchev–Trinajstić information content (AvgIpc) is 2.65. The van der Waals surface area contributed by atoms with Gasteiger partial charge < -0.3 is 25.2 Å². The zero-order valence-electron chi connectivity index (χ0n) is 15.4. The fourth-order valence-corrected chi connectivity index (χ4v) is 2.47. The summed E-state index contributed by atoms with van der Waals surface area (Å²) >= 11 is 0. The molecule has 0 bridgehead atoms. The molecule has 0 spiro atoms. The summed E-state index contributed by atoms with van der Waals surface area (Å²) in [4.78, 5) is 12.1. The Hall–Kier alpha value is -2.73. The highest BCUT2D eigenvalue weighted by molar-refractivity contribution is 5.89. The molecular weight excluding hydrogens is 332 g/mol. The second kappa shape index (κ2) is 9.10. The van der Waals surface area contributed by atoms with Crippen molar-refractivity contribution in [3.05, 3.63) is 54.1 Å². The molecule has 0 aliphatic carbocycles. The van der Waals surface area contributed by atoms with Crippen molar-refractivity contribution >= 4 is 11.7 Å². The van der Waals surface area contributed by atoms with E-state index in [1.165, 1.54) is 0 Å². The second-order valence-corrected chi connectivity index (χ2v) is 6.39. The highest BCUT2D eigenvalue weighted by atomic mass is 16.5. The number of hydrogen-bond acceptors (Lipinski definition) is 4. The molecule has 0 saturated heterocycles. The van der Waals surface area contributed by atoms with Crippen molar-refractivity contribution in [1.29, 1.82) is 0 Å². The Balaban J connectivity index is 1.85. The first-order chi connectivity index (χ1) is 12.4. The largest absolute Gasteiger partial charge is 0.497 e. The number of benzene rings is 2. The van der Waals surface area contributed by atoms with Gasteiger partial charge in [-0.1, -0.05) is 30.3 Å². The SMILES string of the molecule is COc1cc(NC(=O)NCC(C)(O)CCc2ccccc2)cc(OC)c1. The molecular formula is C20H26N2O4. The molecule has 0 aliphatic heterocycles. The summed E-state index contributed by atoms with van der Waals surface area (Å²) in [6.45, 7) is 1.86. The number of anilines is 1. The molecule has 0 aliphatic rings. The van der Waals surface area contributed by atoms with Crippen LogP contribution in [0.25, 0.3) is 0 Å². The van der Waals surface area contributed by atoms with Crippen LogP contribution in [0.15, 0.2) is 48.5 Å². The van der Waals surface area contributed by atoms with Crippen LogP contribution in [0.3, 0.4) is 0 Å². The first kappa shape index (κ1) is 19.6. The summed E-state index contributed by atoms with van der Waals surface area (Å²) in [6, 6.07) is 14.6. The van der Waals surface area contributed by atoms with Gasteiger partial charge in [-0.3, -0.25) is 0 Å². The lowest BCUT2D eigenvalue weighted by Crippen LogP contribution is -2.42. The molecule has 2 aromatic rings. The van der Waals surface area contributed by atoms with Crippen LogP contribution in [-0.2, 0) is 6.42 Å². The molecule has 2 rings (SSSR count). The van der Waals surface area contributed by atoms with Gasteiger partial charge in [0.2, 0.25) is 0 Å². The van der Waals surface area contributed by atoms with Crippen molar-refractivity contribution < 1.29 is 19.4 Å². The lowest BCUT2D eigenvalue weighted by atomic mass is 9.97. The predicted octanol–water partition coefficient (Wildman–Crippen LogP) is 3.21. The molecule has 1 atom stereocenters. The van der Waals surface area contributed by atoms with E-state index in [0.29, 0.717) is 23.6 Å². The van der Waals surface area contributed by atoms with Gasteiger partial charge in [-0.2, -0.15) is 0 Å². The van der Waals surface area contributed by atoms with Gasteiger partial charge in [-0.25, -0.2) is 4.79 Å². The molecule has 0 radical (unpaired) electrons. The van der Waals surface area contributed by atoms with Crippen LogP contribution < -0.4 is 20.1 Å². The Kier molecular flexibility index (Phi) is 6.86. The van der Waals surface area contributed by atoms with Crippen molar-refractivity contribution in [2.45, 2.75) is 25.4 Å². The van der Waals surface area contributed by atoms with E-state index in [-0.39, 0.29) is 6.54 Å². The first-order valence-electron chi connectivity index (χ1n) is 8.46. The average molecular weight is 358 g/mol. The van der Waals surface area contributed by atoms with Gasteiger partial charge >= 0.3 is 6.03 Å². The second-order valence-electron chi connectivity index (χ2n) is 6.39. The highest BCUT2D eigenvalue weighted by Crippen LogP contribution is 2.25. The molecule has 3 N–H and O–H groups in total. The van der Waals surface area contributed by atoms with E-state index < -0.39 is 11.6 Å². The molecule has 2 amide bonds. The van der Waals surface area contributed by atoms with Crippen molar-refractivity contribution in [2.75, 3.05) is 26.1 Å². The lowest BCUT2D eigenvalue weighted by molar-refractivity contribution is 0.0539. The molecule has 140 valence electrons. The number of urea groups is 1. The van der Waals surface area contributed by atoms with Crippen LogP contribution in [-0.4, -0.2) is 37.5 Å². The third kappa shape index (κ3) is 6.29. The zero-order chi connectivity index (χ0) is 19.0. The number of carbonyl (C=O) groups excluding carboxylic acids is 1. The molecule has 0 fully saturated rings. The van der Waals surface area contributed by atoms with Crippen LogP contribution >= 0.6 is 0 Å². The van der Waals surface area contributed by atoms with E-state index in [1.54, 1.807) is 39.3 Å². The molecule has 6 nitrogen and oxygen atoms in total. The van der Waals surface area contributed by atoms with Crippen LogP contribution in [0, 0.1) is 0 Å². The minimum Gasteiger partial charge on any atom is -0.497 e. The highest BCUT2D eigenvalue weighted by Gasteiger charge is 2.21. The van der Waals surface area contributed by atoms with Crippen molar-refractivity contribution in [1.82, 2.24) is 5.32 Å². The predicted molar refractivity (Wildman–Crippen MR) is 102 cm³/mol. The number of methoxy groups -OCH3 is 2. The Morgan fingerprint density at radius 3 is 2.27 bits per heavy atom. The number of amides is 2. The maximum absolute atomic E-state index is 12.1. The zero-order valence-corrected chi connectivity index (χ0v) is 15.4. The maximum Gasteiger partial charge on any atom is 0.319 e. The van der Waals surface area contributed by atoms with Gasteiger partial charge in [0.15, 0.2) is 0 Å². The monoisotopic (exact) mass is 358 g/mol. The molecule has 0 heterocycles. The van der Waals surface area contributed by atoms with Gasteiger partial charge in [0.25, 0.3) is 0 Å². The van der Waals surface area contributed by atoms with Crippen LogP contribution in [0.4, 0.5) is 10.5 Å². The fraction of sp³-hybridized carbons (Fsp3) is 0.350. The normalized spacial score (nSPS) is 12.8. The summed E-state index contributed by atoms with van der Waals surface area (Å²) in [5.41, 5.74) is 0.697. The number of aliphatic hydroxyl groups is 1.